The predicted molar refractivity (Wildman–Crippen MR) is 109 cm³/mol. The van der Waals surface area contributed by atoms with Gasteiger partial charge in [0.05, 0.1) is 22.2 Å². The molecule has 1 N–H and O–H groups in total. The maximum absolute atomic E-state index is 9.22. The van der Waals surface area contributed by atoms with Gasteiger partial charge in [-0.15, -0.1) is 0 Å². The summed E-state index contributed by atoms with van der Waals surface area (Å²) >= 11 is 0. The maximum Gasteiger partial charge on any atom is 0.109 e. The quantitative estimate of drug-likeness (QED) is 0.538. The van der Waals surface area contributed by atoms with Crippen molar-refractivity contribution in [1.29, 1.82) is 0 Å². The number of hydrogen-bond donors (Lipinski definition) is 1. The average molecular weight is 362 g/mol. The monoisotopic (exact) mass is 362 g/mol. The van der Waals surface area contributed by atoms with Crippen LogP contribution in [0.4, 0.5) is 0 Å². The van der Waals surface area contributed by atoms with Gasteiger partial charge in [-0.05, 0) is 38.5 Å². The number of fused-ring (bicyclic) bond motifs is 2. The summed E-state index contributed by atoms with van der Waals surface area (Å²) in [7, 11) is 0. The van der Waals surface area contributed by atoms with Crippen molar-refractivity contribution in [1.82, 2.24) is 19.3 Å². The van der Waals surface area contributed by atoms with E-state index in [0.29, 0.717) is 6.04 Å². The van der Waals surface area contributed by atoms with Crippen molar-refractivity contribution < 1.29 is 5.11 Å². The Bertz CT molecular complexity index is 1060. The second-order valence-electron chi connectivity index (χ2n) is 7.25. The Morgan fingerprint density at radius 3 is 2.48 bits per heavy atom. The van der Waals surface area contributed by atoms with Crippen LogP contribution >= 0.6 is 0 Å². The van der Waals surface area contributed by atoms with Crippen molar-refractivity contribution in [2.75, 3.05) is 6.61 Å². The molecule has 0 spiro atoms. The van der Waals surface area contributed by atoms with Gasteiger partial charge in [0.15, 0.2) is 0 Å². The molecule has 27 heavy (non-hydrogen) atoms. The lowest BCUT2D eigenvalue weighted by atomic mass is 10.1. The third-order valence-electron chi connectivity index (χ3n) is 5.04. The minimum absolute atomic E-state index is 0.187. The molecule has 4 aromatic rings. The summed E-state index contributed by atoms with van der Waals surface area (Å²) in [5, 5.41) is 15.4. The van der Waals surface area contributed by atoms with E-state index in [2.05, 4.69) is 65.6 Å². The fourth-order valence-electron chi connectivity index (χ4n) is 3.75. The number of aryl methyl sites for hydroxylation is 3. The zero-order chi connectivity index (χ0) is 18.8. The van der Waals surface area contributed by atoms with Crippen molar-refractivity contribution in [3.63, 3.8) is 0 Å². The van der Waals surface area contributed by atoms with Crippen molar-refractivity contribution >= 4 is 21.9 Å². The van der Waals surface area contributed by atoms with Gasteiger partial charge in [0.1, 0.15) is 5.82 Å². The Kier molecular flexibility index (Phi) is 4.94. The summed E-state index contributed by atoms with van der Waals surface area (Å²) in [6, 6.07) is 17.0. The second kappa shape index (κ2) is 7.53. The molecule has 4 rings (SSSR count). The number of aromatic nitrogens is 4. The zero-order valence-electron chi connectivity index (χ0n) is 16.0. The van der Waals surface area contributed by atoms with Crippen LogP contribution in [0.5, 0.6) is 0 Å². The van der Waals surface area contributed by atoms with Gasteiger partial charge in [0, 0.05) is 37.4 Å². The molecule has 0 bridgehead atoms. The van der Waals surface area contributed by atoms with Crippen LogP contribution in [-0.4, -0.2) is 31.0 Å². The van der Waals surface area contributed by atoms with Crippen molar-refractivity contribution in [2.24, 2.45) is 0 Å². The Balaban J connectivity index is 1.69. The average Bonchev–Trinajstić information content (AvgIpc) is 3.23. The Labute approximate surface area is 159 Å². The molecule has 0 amide bonds. The highest BCUT2D eigenvalue weighted by molar-refractivity contribution is 5.82. The highest BCUT2D eigenvalue weighted by Gasteiger charge is 2.14. The highest BCUT2D eigenvalue weighted by atomic mass is 16.2. The van der Waals surface area contributed by atoms with Crippen molar-refractivity contribution in [3.8, 4) is 0 Å². The first kappa shape index (κ1) is 17.7. The molecule has 0 radical (unpaired) electrons. The number of imidazole rings is 1. The van der Waals surface area contributed by atoms with Gasteiger partial charge in [-0.2, -0.15) is 5.10 Å². The molecule has 2 heterocycles. The lowest BCUT2D eigenvalue weighted by Crippen LogP contribution is -2.08. The van der Waals surface area contributed by atoms with E-state index in [4.69, 9.17) is 10.1 Å². The Hall–Kier alpha value is -2.66. The van der Waals surface area contributed by atoms with E-state index in [-0.39, 0.29) is 6.61 Å². The maximum atomic E-state index is 9.22. The number of aliphatic hydroxyl groups excluding tert-OH is 1. The lowest BCUT2D eigenvalue weighted by Gasteiger charge is -2.08. The molecule has 0 fully saturated rings. The van der Waals surface area contributed by atoms with Crippen molar-refractivity contribution in [2.45, 2.75) is 45.7 Å². The van der Waals surface area contributed by atoms with Gasteiger partial charge in [-0.3, -0.25) is 4.68 Å². The lowest BCUT2D eigenvalue weighted by molar-refractivity contribution is 0.287. The normalized spacial score (nSPS) is 11.9. The zero-order valence-corrected chi connectivity index (χ0v) is 16.0. The van der Waals surface area contributed by atoms with Gasteiger partial charge in [0.2, 0.25) is 0 Å². The molecule has 0 unspecified atom stereocenters. The van der Waals surface area contributed by atoms with Gasteiger partial charge in [-0.1, -0.05) is 30.3 Å². The van der Waals surface area contributed by atoms with E-state index < -0.39 is 0 Å². The minimum Gasteiger partial charge on any atom is -0.396 e. The summed E-state index contributed by atoms with van der Waals surface area (Å²) in [5.41, 5.74) is 4.49. The highest BCUT2D eigenvalue weighted by Crippen LogP contribution is 2.24. The molecule has 5 heteroatoms. The summed E-state index contributed by atoms with van der Waals surface area (Å²) in [6.45, 7) is 5.35. The largest absolute Gasteiger partial charge is 0.396 e. The molecular formula is C22H26N4O. The molecular weight excluding hydrogens is 336 g/mol. The van der Waals surface area contributed by atoms with E-state index >= 15 is 0 Å². The van der Waals surface area contributed by atoms with Crippen LogP contribution in [0.3, 0.4) is 0 Å². The number of rotatable bonds is 7. The molecule has 0 aliphatic heterocycles. The predicted octanol–water partition coefficient (Wildman–Crippen LogP) is 4.13. The first-order valence-corrected chi connectivity index (χ1v) is 9.70. The first-order chi connectivity index (χ1) is 13.2. The minimum atomic E-state index is 0.187. The summed E-state index contributed by atoms with van der Waals surface area (Å²) in [6.07, 6.45) is 2.37. The number of aliphatic hydroxyl groups is 1. The summed E-state index contributed by atoms with van der Waals surface area (Å²) in [4.78, 5) is 4.78. The van der Waals surface area contributed by atoms with Gasteiger partial charge < -0.3 is 9.67 Å². The van der Waals surface area contributed by atoms with E-state index in [1.54, 1.807) is 0 Å². The summed E-state index contributed by atoms with van der Waals surface area (Å²) in [5.74, 6) is 1.04. The molecule has 140 valence electrons. The van der Waals surface area contributed by atoms with Crippen LogP contribution in [0.2, 0.25) is 0 Å². The number of para-hydroxylation sites is 3. The first-order valence-electron chi connectivity index (χ1n) is 9.70. The van der Waals surface area contributed by atoms with E-state index in [0.717, 1.165) is 48.4 Å². The fraction of sp³-hybridized carbons (Fsp3) is 0.364. The molecule has 0 atom stereocenters. The molecule has 2 aromatic carbocycles. The van der Waals surface area contributed by atoms with Crippen LogP contribution in [0, 0.1) is 0 Å². The van der Waals surface area contributed by atoms with E-state index in [9.17, 15) is 5.11 Å². The number of hydrogen-bond acceptors (Lipinski definition) is 3. The van der Waals surface area contributed by atoms with Crippen LogP contribution < -0.4 is 0 Å². The molecule has 0 aliphatic rings. The summed E-state index contributed by atoms with van der Waals surface area (Å²) < 4.78 is 4.40. The Morgan fingerprint density at radius 1 is 0.963 bits per heavy atom. The fourth-order valence-corrected chi connectivity index (χ4v) is 3.75. The molecule has 0 saturated carbocycles. The smallest absolute Gasteiger partial charge is 0.109 e. The SMILES string of the molecule is CC(C)n1nc(CCn2c(CCCO)nc3ccccc32)c2ccccc21. The molecule has 2 aromatic heterocycles. The van der Waals surface area contributed by atoms with Gasteiger partial charge >= 0.3 is 0 Å². The number of nitrogens with zero attached hydrogens (tertiary/aromatic N) is 4. The van der Waals surface area contributed by atoms with Crippen LogP contribution in [0.1, 0.15) is 37.8 Å². The van der Waals surface area contributed by atoms with Crippen LogP contribution in [0.25, 0.3) is 21.9 Å². The third-order valence-corrected chi connectivity index (χ3v) is 5.04. The molecule has 0 aliphatic carbocycles. The van der Waals surface area contributed by atoms with Gasteiger partial charge in [0.25, 0.3) is 0 Å². The van der Waals surface area contributed by atoms with Crippen LogP contribution in [-0.2, 0) is 19.4 Å². The van der Waals surface area contributed by atoms with Crippen LogP contribution in [0.15, 0.2) is 48.5 Å². The molecule has 0 saturated heterocycles. The van der Waals surface area contributed by atoms with E-state index in [1.165, 1.54) is 10.9 Å². The molecule has 5 nitrogen and oxygen atoms in total. The topological polar surface area (TPSA) is 55.9 Å². The van der Waals surface area contributed by atoms with Gasteiger partial charge in [-0.25, -0.2) is 4.98 Å². The second-order valence-corrected chi connectivity index (χ2v) is 7.25. The van der Waals surface area contributed by atoms with E-state index in [1.807, 2.05) is 6.07 Å². The standard InChI is InChI=1S/C22H26N4O/c1-16(2)26-20-10-5-3-8-17(20)18(24-26)13-14-25-21-11-6-4-9-19(21)23-22(25)12-7-15-27/h3-6,8-11,16,27H,7,12-15H2,1-2H3. The number of benzene rings is 2. The van der Waals surface area contributed by atoms with Crippen molar-refractivity contribution in [3.05, 3.63) is 60.0 Å². The Morgan fingerprint density at radius 2 is 1.70 bits per heavy atom. The third kappa shape index (κ3) is 3.35.